The van der Waals surface area contributed by atoms with E-state index in [0.29, 0.717) is 96.8 Å². The molecule has 2 amide bonds. The summed E-state index contributed by atoms with van der Waals surface area (Å²) in [5.41, 5.74) is 3.78. The lowest BCUT2D eigenvalue weighted by Gasteiger charge is -2.34. The fraction of sp³-hybridized carbons (Fsp3) is 0.621. The van der Waals surface area contributed by atoms with Gasteiger partial charge in [-0.15, -0.1) is 0 Å². The minimum atomic E-state index is -0.826. The van der Waals surface area contributed by atoms with Gasteiger partial charge in [0.05, 0.1) is 59.4 Å². The number of imidazole rings is 2. The number of halogens is 2. The van der Waals surface area contributed by atoms with Crippen molar-refractivity contribution in [1.29, 1.82) is 0 Å². The van der Waals surface area contributed by atoms with Crippen LogP contribution in [0.25, 0.3) is 22.1 Å². The van der Waals surface area contributed by atoms with Gasteiger partial charge >= 0.3 is 12.2 Å². The number of hydrogen-bond acceptors (Lipinski definition) is 9. The number of anilines is 1. The Morgan fingerprint density at radius 3 is 1.35 bits per heavy atom. The third-order valence-electron chi connectivity index (χ3n) is 14.4. The number of amides is 2. The van der Waals surface area contributed by atoms with Crippen LogP contribution in [0.5, 0.6) is 0 Å². The van der Waals surface area contributed by atoms with Crippen LogP contribution in [0.2, 0.25) is 0 Å². The number of carbonyl (C=O) groups is 2. The molecule has 0 bridgehead atoms. The molecule has 1 unspecified atom stereocenters. The number of carbonyl (C=O) groups excluding carboxylic acids is 2. The van der Waals surface area contributed by atoms with Crippen LogP contribution in [-0.4, -0.2) is 128 Å². The highest BCUT2D eigenvalue weighted by molar-refractivity contribution is 8.32. The highest BCUT2D eigenvalue weighted by Crippen LogP contribution is 2.50. The lowest BCUT2D eigenvalue weighted by molar-refractivity contribution is 0.0196. The van der Waals surface area contributed by atoms with Crippen molar-refractivity contribution in [2.24, 2.45) is 0 Å². The first-order chi connectivity index (χ1) is 35.0. The van der Waals surface area contributed by atoms with Gasteiger partial charge in [-0.2, -0.15) is 0 Å². The summed E-state index contributed by atoms with van der Waals surface area (Å²) in [6, 6.07) is 13.4. The van der Waals surface area contributed by atoms with Crippen LogP contribution >= 0.6 is 20.1 Å². The fourth-order valence-electron chi connectivity index (χ4n) is 10.6. The minimum Gasteiger partial charge on any atom is -0.444 e. The second-order valence-electron chi connectivity index (χ2n) is 25.7. The number of aromatic nitrogens is 4. The molecule has 0 radical (unpaired) electrons. The SMILES string of the molecule is CC(C)(C)OC(=O)N1CCC[C@H]1c1nc2cc(C3CC[C@H](c4cc5nc([C@@H]6CCCN6C(=O)OC(C)(C)C)n(COCCS(C)(C)C)c5cc4F)N3c3ccc(C(C)(C)C)cc3)c(F)cc2n1COCCS(C)(C)C. The van der Waals surface area contributed by atoms with Crippen LogP contribution in [0.4, 0.5) is 24.1 Å². The first kappa shape index (κ1) is 56.6. The molecule has 4 atom stereocenters. The van der Waals surface area contributed by atoms with E-state index in [-0.39, 0.29) is 18.9 Å². The van der Waals surface area contributed by atoms with E-state index < -0.39 is 79.2 Å². The molecule has 3 aromatic carbocycles. The van der Waals surface area contributed by atoms with E-state index in [0.717, 1.165) is 35.6 Å². The fourth-order valence-corrected chi connectivity index (χ4v) is 11.9. The Bertz CT molecular complexity index is 2690. The molecule has 0 saturated carbocycles. The molecule has 414 valence electrons. The smallest absolute Gasteiger partial charge is 0.410 e. The molecule has 3 aliphatic heterocycles. The summed E-state index contributed by atoms with van der Waals surface area (Å²) in [5, 5.41) is 0. The van der Waals surface area contributed by atoms with Gasteiger partial charge in [0.15, 0.2) is 0 Å². The average molecular weight is 1080 g/mol. The number of likely N-dealkylation sites (tertiary alicyclic amines) is 2. The van der Waals surface area contributed by atoms with E-state index in [1.807, 2.05) is 62.8 Å². The van der Waals surface area contributed by atoms with E-state index >= 15 is 8.78 Å². The van der Waals surface area contributed by atoms with Crippen LogP contribution in [0.1, 0.15) is 153 Å². The number of hydrogen-bond donors (Lipinski definition) is 0. The minimum absolute atomic E-state index is 0.115. The van der Waals surface area contributed by atoms with Crippen molar-refractivity contribution in [3.8, 4) is 0 Å². The molecular weight excluding hydrogens is 993 g/mol. The molecule has 3 aliphatic rings. The molecule has 17 heteroatoms. The van der Waals surface area contributed by atoms with Gasteiger partial charge in [-0.1, -0.05) is 32.9 Å². The van der Waals surface area contributed by atoms with Crippen LogP contribution < -0.4 is 4.90 Å². The molecule has 0 N–H and O–H groups in total. The second-order valence-corrected chi connectivity index (χ2v) is 34.8. The topological polar surface area (TPSA) is 116 Å². The van der Waals surface area contributed by atoms with Gasteiger partial charge in [0, 0.05) is 53.5 Å². The van der Waals surface area contributed by atoms with Crippen molar-refractivity contribution in [3.05, 3.63) is 88.5 Å². The molecule has 5 heterocycles. The van der Waals surface area contributed by atoms with Gasteiger partial charge < -0.3 is 33.0 Å². The van der Waals surface area contributed by atoms with Crippen molar-refractivity contribution in [2.75, 3.05) is 80.2 Å². The Kier molecular flexibility index (Phi) is 16.4. The van der Waals surface area contributed by atoms with Crippen molar-refractivity contribution >= 4 is 60.0 Å². The molecular formula is C58H85F2N7O6S2. The Hall–Kier alpha value is -4.58. The molecule has 3 saturated heterocycles. The monoisotopic (exact) mass is 1080 g/mol. The maximum atomic E-state index is 17.4. The Labute approximate surface area is 448 Å². The molecule has 5 aromatic rings. The van der Waals surface area contributed by atoms with Crippen LogP contribution in [0, 0.1) is 11.6 Å². The van der Waals surface area contributed by atoms with Gasteiger partial charge in [0.2, 0.25) is 0 Å². The van der Waals surface area contributed by atoms with E-state index in [1.54, 1.807) is 21.9 Å². The standard InChI is InChI=1S/C58H85F2N7O6S2/c1-56(2,3)38-20-22-39(23-21-38)67-46(40-32-44-50(34-42(40)59)65(36-70-28-30-74(10,11)12)52(61-44)48-18-16-26-63(48)54(68)72-57(4,5)6)24-25-47(67)41-33-45-51(35-43(41)60)66(37-71-29-31-75(13,14)15)53(62-45)49-19-17-27-64(49)55(69)73-58(7,8)9/h20-23,32-35,46-49H,16-19,24-31,36-37H2,1-15H3/t46-,47?,48+,49+/m1/s1. The lowest BCUT2D eigenvalue weighted by Crippen LogP contribution is -2.37. The highest BCUT2D eigenvalue weighted by Gasteiger charge is 2.42. The number of fused-ring (bicyclic) bond motifs is 2. The Morgan fingerprint density at radius 1 is 0.587 bits per heavy atom. The maximum Gasteiger partial charge on any atom is 0.410 e. The number of rotatable bonds is 15. The largest absolute Gasteiger partial charge is 0.444 e. The maximum absolute atomic E-state index is 17.4. The highest BCUT2D eigenvalue weighted by atomic mass is 32.3. The van der Waals surface area contributed by atoms with Gasteiger partial charge in [-0.25, -0.2) is 48.4 Å². The summed E-state index contributed by atoms with van der Waals surface area (Å²) >= 11 is 0. The zero-order valence-electron chi connectivity index (χ0n) is 47.5. The second kappa shape index (κ2) is 21.7. The van der Waals surface area contributed by atoms with E-state index in [1.165, 1.54) is 0 Å². The summed E-state index contributed by atoms with van der Waals surface area (Å²) in [4.78, 5) is 43.5. The molecule has 0 spiro atoms. The normalized spacial score (nSPS) is 20.5. The van der Waals surface area contributed by atoms with Crippen LogP contribution in [0.15, 0.2) is 48.5 Å². The predicted molar refractivity (Wildman–Crippen MR) is 304 cm³/mol. The van der Waals surface area contributed by atoms with Gasteiger partial charge in [-0.05, 0) is 153 Å². The molecule has 0 aliphatic carbocycles. The number of nitrogens with zero attached hydrogens (tertiary/aromatic N) is 7. The molecule has 75 heavy (non-hydrogen) atoms. The third-order valence-corrected chi connectivity index (χ3v) is 17.2. The van der Waals surface area contributed by atoms with Gasteiger partial charge in [0.25, 0.3) is 0 Å². The zero-order valence-corrected chi connectivity index (χ0v) is 49.1. The Morgan fingerprint density at radius 2 is 0.987 bits per heavy atom. The average Bonchev–Trinajstić information content (AvgIpc) is 4.14. The van der Waals surface area contributed by atoms with Crippen LogP contribution in [-0.2, 0) is 37.8 Å². The van der Waals surface area contributed by atoms with Gasteiger partial charge in [0.1, 0.15) is 47.9 Å². The van der Waals surface area contributed by atoms with E-state index in [9.17, 15) is 9.59 Å². The number of benzene rings is 3. The molecule has 3 fully saturated rings. The van der Waals surface area contributed by atoms with Crippen molar-refractivity contribution in [2.45, 2.75) is 155 Å². The summed E-state index contributed by atoms with van der Waals surface area (Å²) in [7, 11) is -1.65. The predicted octanol–water partition coefficient (Wildman–Crippen LogP) is 13.5. The molecule has 13 nitrogen and oxygen atoms in total. The molecule has 2 aromatic heterocycles. The summed E-state index contributed by atoms with van der Waals surface area (Å²) in [6.07, 6.45) is 16.7. The quantitative estimate of drug-likeness (QED) is 0.0945. The van der Waals surface area contributed by atoms with Crippen LogP contribution in [0.3, 0.4) is 0 Å². The van der Waals surface area contributed by atoms with Gasteiger partial charge in [-0.3, -0.25) is 9.80 Å². The lowest BCUT2D eigenvalue weighted by atomic mass is 9.87. The summed E-state index contributed by atoms with van der Waals surface area (Å²) in [6.45, 7) is 20.1. The summed E-state index contributed by atoms with van der Waals surface area (Å²) in [5.74, 6) is 2.29. The first-order valence-corrected chi connectivity index (χ1v) is 32.8. The van der Waals surface area contributed by atoms with E-state index in [2.05, 4.69) is 87.5 Å². The van der Waals surface area contributed by atoms with Crippen molar-refractivity contribution < 1.29 is 37.3 Å². The first-order valence-electron chi connectivity index (χ1n) is 26.7. The van der Waals surface area contributed by atoms with Crippen molar-refractivity contribution in [3.63, 3.8) is 0 Å². The molecule has 8 rings (SSSR count). The third kappa shape index (κ3) is 13.2. The number of ether oxygens (including phenoxy) is 4. The Balaban J connectivity index is 1.21. The zero-order chi connectivity index (χ0) is 54.6. The van der Waals surface area contributed by atoms with E-state index in [4.69, 9.17) is 28.9 Å². The van der Waals surface area contributed by atoms with Crippen molar-refractivity contribution in [1.82, 2.24) is 28.9 Å². The summed E-state index contributed by atoms with van der Waals surface area (Å²) < 4.78 is 63.2.